The second-order valence-corrected chi connectivity index (χ2v) is 7.05. The zero-order chi connectivity index (χ0) is 24.2. The molecule has 0 radical (unpaired) electrons. The largest absolute Gasteiger partial charge is 0.416 e. The van der Waals surface area contributed by atoms with Crippen LogP contribution in [-0.2, 0) is 22.3 Å². The van der Waals surface area contributed by atoms with Crippen molar-refractivity contribution in [3.63, 3.8) is 0 Å². The van der Waals surface area contributed by atoms with E-state index in [-0.39, 0.29) is 37.6 Å². The van der Waals surface area contributed by atoms with Gasteiger partial charge < -0.3 is 16.0 Å². The first-order chi connectivity index (χ1) is 15.5. The van der Waals surface area contributed by atoms with Gasteiger partial charge in [-0.05, 0) is 29.8 Å². The number of carbonyl (C=O) groups excluding carboxylic acids is 3. The smallest absolute Gasteiger partial charge is 0.379 e. The number of urea groups is 1. The molecule has 174 valence electrons. The molecule has 3 N–H and O–H groups in total. The number of nitro benzene ring substituents is 1. The van der Waals surface area contributed by atoms with Crippen molar-refractivity contribution < 1.29 is 32.5 Å². The van der Waals surface area contributed by atoms with Crippen LogP contribution in [0.15, 0.2) is 42.5 Å². The van der Waals surface area contributed by atoms with Crippen molar-refractivity contribution in [2.24, 2.45) is 0 Å². The minimum atomic E-state index is -4.72. The van der Waals surface area contributed by atoms with Crippen LogP contribution in [0.2, 0.25) is 0 Å². The van der Waals surface area contributed by atoms with Gasteiger partial charge in [0.15, 0.2) is 0 Å². The van der Waals surface area contributed by atoms with Gasteiger partial charge in [-0.15, -0.1) is 0 Å². The monoisotopic (exact) mass is 465 g/mol. The molecular weight excluding hydrogens is 447 g/mol. The van der Waals surface area contributed by atoms with Crippen LogP contribution in [0.3, 0.4) is 0 Å². The fourth-order valence-electron chi connectivity index (χ4n) is 3.09. The van der Waals surface area contributed by atoms with Crippen LogP contribution in [0.25, 0.3) is 0 Å². The molecule has 13 heteroatoms. The van der Waals surface area contributed by atoms with Crippen molar-refractivity contribution in [2.75, 3.05) is 23.7 Å². The Morgan fingerprint density at radius 1 is 1.18 bits per heavy atom. The predicted molar refractivity (Wildman–Crippen MR) is 110 cm³/mol. The molecule has 1 aliphatic heterocycles. The molecule has 0 aromatic heterocycles. The molecular formula is C20H18F3N5O5. The second-order valence-electron chi connectivity index (χ2n) is 7.05. The first kappa shape index (κ1) is 23.5. The van der Waals surface area contributed by atoms with Crippen LogP contribution in [0.5, 0.6) is 0 Å². The molecule has 0 spiro atoms. The number of halogens is 3. The van der Waals surface area contributed by atoms with Crippen LogP contribution in [0.4, 0.5) is 35.0 Å². The Kier molecular flexibility index (Phi) is 6.80. The molecule has 0 saturated carbocycles. The number of nitrogens with one attached hydrogen (secondary N) is 3. The van der Waals surface area contributed by atoms with E-state index >= 15 is 0 Å². The summed E-state index contributed by atoms with van der Waals surface area (Å²) in [6.45, 7) is -0.104. The zero-order valence-corrected chi connectivity index (χ0v) is 16.9. The van der Waals surface area contributed by atoms with Crippen LogP contribution in [-0.4, -0.2) is 40.8 Å². The van der Waals surface area contributed by atoms with E-state index in [0.717, 1.165) is 11.0 Å². The fraction of sp³-hybridized carbons (Fsp3) is 0.250. The molecule has 1 heterocycles. The quantitative estimate of drug-likeness (QED) is 0.312. The third-order valence-electron chi connectivity index (χ3n) is 4.68. The number of rotatable bonds is 8. The third kappa shape index (κ3) is 5.96. The van der Waals surface area contributed by atoms with Crippen LogP contribution in [0.1, 0.15) is 17.5 Å². The van der Waals surface area contributed by atoms with Crippen molar-refractivity contribution in [1.82, 2.24) is 10.2 Å². The minimum absolute atomic E-state index is 0.0352. The lowest BCUT2D eigenvalue weighted by molar-refractivity contribution is -0.384. The van der Waals surface area contributed by atoms with E-state index in [0.29, 0.717) is 23.4 Å². The lowest BCUT2D eigenvalue weighted by Crippen LogP contribution is -2.30. The number of benzene rings is 2. The Morgan fingerprint density at radius 3 is 2.58 bits per heavy atom. The molecule has 1 aliphatic rings. The fourth-order valence-corrected chi connectivity index (χ4v) is 3.09. The minimum Gasteiger partial charge on any atom is -0.379 e. The molecule has 0 atom stereocenters. The van der Waals surface area contributed by atoms with Crippen LogP contribution in [0, 0.1) is 10.1 Å². The number of alkyl halides is 3. The maximum absolute atomic E-state index is 12.8. The number of imide groups is 1. The highest BCUT2D eigenvalue weighted by Gasteiger charge is 2.33. The molecule has 0 aliphatic carbocycles. The van der Waals surface area contributed by atoms with Gasteiger partial charge in [-0.1, -0.05) is 12.1 Å². The highest BCUT2D eigenvalue weighted by atomic mass is 19.4. The van der Waals surface area contributed by atoms with Gasteiger partial charge in [0.2, 0.25) is 11.8 Å². The highest BCUT2D eigenvalue weighted by Crippen LogP contribution is 2.34. The summed E-state index contributed by atoms with van der Waals surface area (Å²) in [6, 6.07) is 8.08. The van der Waals surface area contributed by atoms with E-state index in [1.165, 1.54) is 0 Å². The summed E-state index contributed by atoms with van der Waals surface area (Å²) < 4.78 is 38.3. The van der Waals surface area contributed by atoms with Gasteiger partial charge in [-0.2, -0.15) is 13.2 Å². The molecule has 10 nitrogen and oxygen atoms in total. The maximum atomic E-state index is 12.8. The van der Waals surface area contributed by atoms with Gasteiger partial charge in [0, 0.05) is 24.7 Å². The summed E-state index contributed by atoms with van der Waals surface area (Å²) in [7, 11) is 0. The first-order valence-electron chi connectivity index (χ1n) is 9.61. The molecule has 2 aromatic rings. The SMILES string of the molecule is O=C(CCNc1ccc(C(F)(F)F)cc1[N+](=O)[O-])Nc1cccc(CN2C(=O)CNC2=O)c1. The third-order valence-corrected chi connectivity index (χ3v) is 4.68. The lowest BCUT2D eigenvalue weighted by atomic mass is 10.1. The number of hydrogen-bond donors (Lipinski definition) is 3. The summed E-state index contributed by atoms with van der Waals surface area (Å²) in [5.41, 5.74) is -1.03. The number of anilines is 2. The van der Waals surface area contributed by atoms with Crippen molar-refractivity contribution in [2.45, 2.75) is 19.1 Å². The van der Waals surface area contributed by atoms with Crippen molar-refractivity contribution in [3.8, 4) is 0 Å². The molecule has 1 saturated heterocycles. The normalized spacial score (nSPS) is 13.6. The van der Waals surface area contributed by atoms with Gasteiger partial charge in [-0.3, -0.25) is 24.6 Å². The van der Waals surface area contributed by atoms with E-state index in [4.69, 9.17) is 0 Å². The second kappa shape index (κ2) is 9.54. The van der Waals surface area contributed by atoms with Crippen LogP contribution < -0.4 is 16.0 Å². The van der Waals surface area contributed by atoms with Gasteiger partial charge in [0.25, 0.3) is 5.69 Å². The highest BCUT2D eigenvalue weighted by molar-refractivity contribution is 6.01. The number of hydrogen-bond acceptors (Lipinski definition) is 6. The first-order valence-corrected chi connectivity index (χ1v) is 9.61. The number of nitrogens with zero attached hydrogens (tertiary/aromatic N) is 2. The molecule has 2 aromatic carbocycles. The Hall–Kier alpha value is -4.16. The Morgan fingerprint density at radius 2 is 1.94 bits per heavy atom. The van der Waals surface area contributed by atoms with Crippen molar-refractivity contribution in [1.29, 1.82) is 0 Å². The lowest BCUT2D eigenvalue weighted by Gasteiger charge is -2.13. The van der Waals surface area contributed by atoms with Gasteiger partial charge in [0.1, 0.15) is 5.69 Å². The number of amides is 4. The molecule has 3 rings (SSSR count). The van der Waals surface area contributed by atoms with E-state index in [9.17, 15) is 37.7 Å². The van der Waals surface area contributed by atoms with Crippen LogP contribution >= 0.6 is 0 Å². The van der Waals surface area contributed by atoms with E-state index in [1.54, 1.807) is 24.3 Å². The van der Waals surface area contributed by atoms with Crippen molar-refractivity contribution >= 4 is 34.9 Å². The van der Waals surface area contributed by atoms with Gasteiger partial charge in [0.05, 0.1) is 23.6 Å². The maximum Gasteiger partial charge on any atom is 0.416 e. The summed E-state index contributed by atoms with van der Waals surface area (Å²) in [4.78, 5) is 46.7. The topological polar surface area (TPSA) is 134 Å². The number of nitro groups is 1. The average Bonchev–Trinajstić information content (AvgIpc) is 3.05. The molecule has 4 amide bonds. The zero-order valence-electron chi connectivity index (χ0n) is 16.9. The summed E-state index contributed by atoms with van der Waals surface area (Å²) >= 11 is 0. The summed E-state index contributed by atoms with van der Waals surface area (Å²) in [5, 5.41) is 18.7. The number of carbonyl (C=O) groups is 3. The Balaban J connectivity index is 1.56. The van der Waals surface area contributed by atoms with Crippen molar-refractivity contribution in [3.05, 3.63) is 63.7 Å². The van der Waals surface area contributed by atoms with E-state index in [1.807, 2.05) is 0 Å². The molecule has 1 fully saturated rings. The summed E-state index contributed by atoms with van der Waals surface area (Å²) in [6.07, 6.45) is -4.85. The average molecular weight is 465 g/mol. The Labute approximate surface area is 184 Å². The summed E-state index contributed by atoms with van der Waals surface area (Å²) in [5.74, 6) is -0.818. The molecule has 0 unspecified atom stereocenters. The Bertz CT molecular complexity index is 1090. The van der Waals surface area contributed by atoms with E-state index in [2.05, 4.69) is 16.0 Å². The molecule has 0 bridgehead atoms. The van der Waals surface area contributed by atoms with Gasteiger partial charge >= 0.3 is 12.2 Å². The standard InChI is InChI=1S/C20H18F3N5O5/c21-20(22,23)13-4-5-15(16(9-13)28(32)33)24-7-6-17(29)26-14-3-1-2-12(8-14)11-27-18(30)10-25-19(27)31/h1-5,8-9,24H,6-7,10-11H2,(H,25,31)(H,26,29). The molecule has 33 heavy (non-hydrogen) atoms. The van der Waals surface area contributed by atoms with E-state index < -0.39 is 34.3 Å². The van der Waals surface area contributed by atoms with Gasteiger partial charge in [-0.25, -0.2) is 4.79 Å². The predicted octanol–water partition coefficient (Wildman–Crippen LogP) is 3.11.